The highest BCUT2D eigenvalue weighted by Crippen LogP contribution is 2.21. The van der Waals surface area contributed by atoms with Crippen molar-refractivity contribution in [2.24, 2.45) is 5.92 Å². The van der Waals surface area contributed by atoms with Gasteiger partial charge in [-0.05, 0) is 30.9 Å². The van der Waals surface area contributed by atoms with E-state index in [-0.39, 0.29) is 12.5 Å². The average Bonchev–Trinajstić information content (AvgIpc) is 2.41. The summed E-state index contributed by atoms with van der Waals surface area (Å²) in [7, 11) is 1.50. The highest BCUT2D eigenvalue weighted by atomic mass is 16.5. The third kappa shape index (κ3) is 3.92. The van der Waals surface area contributed by atoms with Crippen LogP contribution in [-0.4, -0.2) is 37.7 Å². The van der Waals surface area contributed by atoms with Crippen molar-refractivity contribution in [2.75, 3.05) is 37.0 Å². The van der Waals surface area contributed by atoms with Gasteiger partial charge in [0.05, 0.1) is 11.9 Å². The number of carbonyl (C=O) groups excluding carboxylic acids is 1. The summed E-state index contributed by atoms with van der Waals surface area (Å²) < 4.78 is 4.76. The first-order valence-corrected chi connectivity index (χ1v) is 6.69. The molecule has 0 unspecified atom stereocenters. The summed E-state index contributed by atoms with van der Waals surface area (Å²) >= 11 is 0. The molecular weight excluding hydrogens is 242 g/mol. The minimum atomic E-state index is -0.163. The number of amides is 1. The fourth-order valence-corrected chi connectivity index (χ4v) is 2.21. The molecule has 0 atom stereocenters. The Labute approximate surface area is 114 Å². The molecule has 1 aromatic heterocycles. The van der Waals surface area contributed by atoms with Crippen molar-refractivity contribution < 1.29 is 9.53 Å². The van der Waals surface area contributed by atoms with E-state index >= 15 is 0 Å². The van der Waals surface area contributed by atoms with Crippen LogP contribution in [0.4, 0.5) is 11.5 Å². The maximum absolute atomic E-state index is 11.4. The van der Waals surface area contributed by atoms with E-state index in [0.717, 1.165) is 24.8 Å². The van der Waals surface area contributed by atoms with Crippen molar-refractivity contribution in [3.63, 3.8) is 0 Å². The Balaban J connectivity index is 1.92. The van der Waals surface area contributed by atoms with E-state index in [1.807, 2.05) is 12.1 Å². The van der Waals surface area contributed by atoms with Crippen LogP contribution in [0.5, 0.6) is 0 Å². The van der Waals surface area contributed by atoms with Gasteiger partial charge < -0.3 is 15.0 Å². The zero-order valence-electron chi connectivity index (χ0n) is 11.6. The van der Waals surface area contributed by atoms with Gasteiger partial charge in [-0.15, -0.1) is 0 Å². The van der Waals surface area contributed by atoms with Crippen LogP contribution in [0.2, 0.25) is 0 Å². The number of nitrogens with one attached hydrogen (secondary N) is 1. The van der Waals surface area contributed by atoms with Gasteiger partial charge in [0, 0.05) is 20.2 Å². The first-order valence-electron chi connectivity index (χ1n) is 6.69. The summed E-state index contributed by atoms with van der Waals surface area (Å²) in [5.41, 5.74) is 0.705. The van der Waals surface area contributed by atoms with Crippen LogP contribution in [0.25, 0.3) is 0 Å². The lowest BCUT2D eigenvalue weighted by atomic mass is 9.99. The number of nitrogens with zero attached hydrogens (tertiary/aromatic N) is 2. The molecule has 19 heavy (non-hydrogen) atoms. The minimum absolute atomic E-state index is 0.0613. The van der Waals surface area contributed by atoms with Crippen LogP contribution in [0.1, 0.15) is 19.8 Å². The number of hydrogen-bond acceptors (Lipinski definition) is 4. The minimum Gasteiger partial charge on any atom is -0.375 e. The molecule has 2 rings (SSSR count). The second-order valence-electron chi connectivity index (χ2n) is 5.06. The fraction of sp³-hybridized carbons (Fsp3) is 0.571. The van der Waals surface area contributed by atoms with Crippen molar-refractivity contribution >= 4 is 17.4 Å². The van der Waals surface area contributed by atoms with Gasteiger partial charge in [0.1, 0.15) is 12.4 Å². The molecule has 1 N–H and O–H groups in total. The van der Waals surface area contributed by atoms with Gasteiger partial charge in [-0.3, -0.25) is 4.79 Å². The van der Waals surface area contributed by atoms with E-state index in [2.05, 4.69) is 22.1 Å². The Morgan fingerprint density at radius 3 is 2.79 bits per heavy atom. The standard InChI is InChI=1S/C14H21N3O2/c1-11-5-7-17(8-6-11)13-4-3-12(9-15-13)16-14(18)10-19-2/h3-4,9,11H,5-8,10H2,1-2H3,(H,16,18). The number of ether oxygens (including phenoxy) is 1. The molecule has 5 nitrogen and oxygen atoms in total. The molecule has 1 aliphatic rings. The summed E-state index contributed by atoms with van der Waals surface area (Å²) in [5, 5.41) is 2.74. The highest BCUT2D eigenvalue weighted by molar-refractivity contribution is 5.91. The largest absolute Gasteiger partial charge is 0.375 e. The molecule has 2 heterocycles. The topological polar surface area (TPSA) is 54.5 Å². The quantitative estimate of drug-likeness (QED) is 0.901. The molecule has 1 aromatic rings. The first-order chi connectivity index (χ1) is 9.19. The van der Waals surface area contributed by atoms with Crippen molar-refractivity contribution in [1.29, 1.82) is 0 Å². The van der Waals surface area contributed by atoms with E-state index in [1.54, 1.807) is 6.20 Å². The third-order valence-corrected chi connectivity index (χ3v) is 3.41. The number of aromatic nitrogens is 1. The molecule has 1 amide bonds. The number of methoxy groups -OCH3 is 1. The average molecular weight is 263 g/mol. The molecule has 0 saturated carbocycles. The lowest BCUT2D eigenvalue weighted by Gasteiger charge is -2.31. The van der Waals surface area contributed by atoms with E-state index in [4.69, 9.17) is 4.74 Å². The summed E-state index contributed by atoms with van der Waals surface area (Å²) in [4.78, 5) is 18.1. The summed E-state index contributed by atoms with van der Waals surface area (Å²) in [6.45, 7) is 4.47. The van der Waals surface area contributed by atoms with Gasteiger partial charge in [-0.1, -0.05) is 6.92 Å². The summed E-state index contributed by atoms with van der Waals surface area (Å²) in [6.07, 6.45) is 4.13. The zero-order chi connectivity index (χ0) is 13.7. The number of rotatable bonds is 4. The van der Waals surface area contributed by atoms with Gasteiger partial charge in [0.15, 0.2) is 0 Å². The Kier molecular flexibility index (Phi) is 4.74. The molecule has 0 radical (unpaired) electrons. The number of hydrogen-bond donors (Lipinski definition) is 1. The first kappa shape index (κ1) is 13.8. The second-order valence-corrected chi connectivity index (χ2v) is 5.06. The second kappa shape index (κ2) is 6.52. The Hall–Kier alpha value is -1.62. The Morgan fingerprint density at radius 2 is 2.21 bits per heavy atom. The van der Waals surface area contributed by atoms with Crippen molar-refractivity contribution in [1.82, 2.24) is 4.98 Å². The molecule has 0 aliphatic carbocycles. The van der Waals surface area contributed by atoms with Gasteiger partial charge in [0.2, 0.25) is 5.91 Å². The fourth-order valence-electron chi connectivity index (χ4n) is 2.21. The molecule has 1 saturated heterocycles. The van der Waals surface area contributed by atoms with E-state index < -0.39 is 0 Å². The predicted molar refractivity (Wildman–Crippen MR) is 75.4 cm³/mol. The number of piperidine rings is 1. The normalized spacial score (nSPS) is 16.4. The van der Waals surface area contributed by atoms with E-state index in [0.29, 0.717) is 5.69 Å². The molecule has 0 bridgehead atoms. The maximum Gasteiger partial charge on any atom is 0.250 e. The van der Waals surface area contributed by atoms with Crippen molar-refractivity contribution in [2.45, 2.75) is 19.8 Å². The SMILES string of the molecule is COCC(=O)Nc1ccc(N2CCC(C)CC2)nc1. The van der Waals surface area contributed by atoms with Crippen molar-refractivity contribution in [3.05, 3.63) is 18.3 Å². The molecule has 5 heteroatoms. The Morgan fingerprint density at radius 1 is 1.47 bits per heavy atom. The smallest absolute Gasteiger partial charge is 0.250 e. The predicted octanol–water partition coefficient (Wildman–Crippen LogP) is 1.90. The molecule has 0 aromatic carbocycles. The van der Waals surface area contributed by atoms with Crippen LogP contribution in [0.3, 0.4) is 0 Å². The number of anilines is 2. The van der Waals surface area contributed by atoms with Crippen LogP contribution in [-0.2, 0) is 9.53 Å². The molecule has 1 aliphatic heterocycles. The van der Waals surface area contributed by atoms with E-state index in [1.165, 1.54) is 20.0 Å². The van der Waals surface area contributed by atoms with Gasteiger partial charge in [0.25, 0.3) is 0 Å². The maximum atomic E-state index is 11.4. The molecule has 1 fully saturated rings. The van der Waals surface area contributed by atoms with Crippen LogP contribution in [0, 0.1) is 5.92 Å². The molecule has 0 spiro atoms. The van der Waals surface area contributed by atoms with Crippen LogP contribution in [0.15, 0.2) is 18.3 Å². The van der Waals surface area contributed by atoms with Gasteiger partial charge in [-0.25, -0.2) is 4.98 Å². The monoisotopic (exact) mass is 263 g/mol. The van der Waals surface area contributed by atoms with E-state index in [9.17, 15) is 4.79 Å². The van der Waals surface area contributed by atoms with Crippen LogP contribution < -0.4 is 10.2 Å². The number of carbonyl (C=O) groups is 1. The molecule has 104 valence electrons. The van der Waals surface area contributed by atoms with Crippen LogP contribution >= 0.6 is 0 Å². The van der Waals surface area contributed by atoms with Crippen molar-refractivity contribution in [3.8, 4) is 0 Å². The lowest BCUT2D eigenvalue weighted by molar-refractivity contribution is -0.119. The van der Waals surface area contributed by atoms with Gasteiger partial charge >= 0.3 is 0 Å². The Bertz CT molecular complexity index is 411. The zero-order valence-corrected chi connectivity index (χ0v) is 11.6. The lowest BCUT2D eigenvalue weighted by Crippen LogP contribution is -2.33. The summed E-state index contributed by atoms with van der Waals surface area (Å²) in [6, 6.07) is 3.84. The molecular formula is C14H21N3O2. The summed E-state index contributed by atoms with van der Waals surface area (Å²) in [5.74, 6) is 1.63. The van der Waals surface area contributed by atoms with Gasteiger partial charge in [-0.2, -0.15) is 0 Å². The third-order valence-electron chi connectivity index (χ3n) is 3.41. The number of pyridine rings is 1. The highest BCUT2D eigenvalue weighted by Gasteiger charge is 2.16.